The number of halogens is 1. The van der Waals surface area contributed by atoms with Gasteiger partial charge in [0.15, 0.2) is 5.65 Å². The Morgan fingerprint density at radius 2 is 1.86 bits per heavy atom. The van der Waals surface area contributed by atoms with Crippen molar-refractivity contribution < 1.29 is 14.0 Å². The van der Waals surface area contributed by atoms with Crippen molar-refractivity contribution in [2.24, 2.45) is 5.92 Å². The highest BCUT2D eigenvalue weighted by atomic mass is 19.1. The smallest absolute Gasteiger partial charge is 0.254 e. The molecule has 2 amide bonds. The monoisotopic (exact) mass is 383 g/mol. The molecule has 1 unspecified atom stereocenters. The summed E-state index contributed by atoms with van der Waals surface area (Å²) in [7, 11) is 0. The van der Waals surface area contributed by atoms with Gasteiger partial charge in [0.1, 0.15) is 17.7 Å². The first-order valence-electron chi connectivity index (χ1n) is 9.09. The lowest BCUT2D eigenvalue weighted by Gasteiger charge is -2.21. The number of benzene rings is 1. The zero-order chi connectivity index (χ0) is 20.1. The number of carbonyl (C=O) groups excluding carboxylic acids is 2. The van der Waals surface area contributed by atoms with Gasteiger partial charge in [0, 0.05) is 19.2 Å². The van der Waals surface area contributed by atoms with Crippen molar-refractivity contribution in [3.8, 4) is 0 Å². The van der Waals surface area contributed by atoms with Crippen LogP contribution in [0.3, 0.4) is 0 Å². The number of pyridine rings is 1. The number of hydrogen-bond acceptors (Lipinski definition) is 4. The van der Waals surface area contributed by atoms with Crippen LogP contribution in [0, 0.1) is 11.7 Å². The molecule has 1 aromatic carbocycles. The summed E-state index contributed by atoms with van der Waals surface area (Å²) in [5.74, 6) is -0.998. The molecule has 1 atom stereocenters. The second kappa shape index (κ2) is 8.60. The van der Waals surface area contributed by atoms with Crippen molar-refractivity contribution in [1.29, 1.82) is 0 Å². The van der Waals surface area contributed by atoms with Gasteiger partial charge < -0.3 is 10.6 Å². The normalized spacial score (nSPS) is 12.1. The van der Waals surface area contributed by atoms with E-state index < -0.39 is 17.8 Å². The highest BCUT2D eigenvalue weighted by Crippen LogP contribution is 2.09. The van der Waals surface area contributed by atoms with Gasteiger partial charge in [0.25, 0.3) is 5.91 Å². The maximum Gasteiger partial charge on any atom is 0.254 e. The first-order valence-corrected chi connectivity index (χ1v) is 9.09. The summed E-state index contributed by atoms with van der Waals surface area (Å²) in [6.07, 6.45) is 2.35. The van der Waals surface area contributed by atoms with Gasteiger partial charge in [-0.25, -0.2) is 4.39 Å². The van der Waals surface area contributed by atoms with Crippen LogP contribution < -0.4 is 10.6 Å². The van der Waals surface area contributed by atoms with Crippen LogP contribution in [0.25, 0.3) is 5.65 Å². The molecule has 0 bridgehead atoms. The molecule has 7 nitrogen and oxygen atoms in total. The number of rotatable bonds is 7. The summed E-state index contributed by atoms with van der Waals surface area (Å²) in [4.78, 5) is 24.9. The van der Waals surface area contributed by atoms with Crippen molar-refractivity contribution in [3.05, 3.63) is 65.9 Å². The molecular weight excluding hydrogens is 361 g/mol. The summed E-state index contributed by atoms with van der Waals surface area (Å²) < 4.78 is 15.7. The van der Waals surface area contributed by atoms with Gasteiger partial charge in [-0.05, 0) is 30.2 Å². The highest BCUT2D eigenvalue weighted by molar-refractivity contribution is 5.97. The lowest BCUT2D eigenvalue weighted by Crippen LogP contribution is -2.50. The molecule has 2 N–H and O–H groups in total. The molecule has 3 aromatic rings. The molecule has 0 spiro atoms. The Hall–Kier alpha value is -3.29. The molecule has 146 valence electrons. The fourth-order valence-electron chi connectivity index (χ4n) is 2.87. The second-order valence-electron chi connectivity index (χ2n) is 6.76. The Labute approximate surface area is 162 Å². The van der Waals surface area contributed by atoms with Gasteiger partial charge in [-0.3, -0.25) is 14.0 Å². The van der Waals surface area contributed by atoms with Crippen LogP contribution >= 0.6 is 0 Å². The standard InChI is InChI=1S/C20H22FN5O2/c1-13(2)18(23-19(27)14-7-3-4-8-15(14)21)20(28)22-11-10-17-25-24-16-9-5-6-12-26(16)17/h3-9,12-13,18H,10-11H2,1-2H3,(H,22,28)(H,23,27). The topological polar surface area (TPSA) is 88.4 Å². The summed E-state index contributed by atoms with van der Waals surface area (Å²) in [6, 6.07) is 10.5. The van der Waals surface area contributed by atoms with Crippen molar-refractivity contribution in [2.45, 2.75) is 26.3 Å². The molecule has 28 heavy (non-hydrogen) atoms. The van der Waals surface area contributed by atoms with E-state index in [1.165, 1.54) is 18.2 Å². The molecule has 8 heteroatoms. The van der Waals surface area contributed by atoms with Crippen LogP contribution in [0.1, 0.15) is 30.0 Å². The first-order chi connectivity index (χ1) is 13.5. The Balaban J connectivity index is 1.60. The van der Waals surface area contributed by atoms with E-state index in [0.717, 1.165) is 11.5 Å². The lowest BCUT2D eigenvalue weighted by molar-refractivity contribution is -0.123. The van der Waals surface area contributed by atoms with Crippen LogP contribution in [0.5, 0.6) is 0 Å². The van der Waals surface area contributed by atoms with Crippen LogP contribution in [-0.4, -0.2) is 39.0 Å². The van der Waals surface area contributed by atoms with E-state index in [0.29, 0.717) is 13.0 Å². The number of nitrogens with one attached hydrogen (secondary N) is 2. The van der Waals surface area contributed by atoms with Crippen LogP contribution in [0.15, 0.2) is 48.7 Å². The molecule has 0 saturated heterocycles. The minimum atomic E-state index is -0.776. The van der Waals surface area contributed by atoms with E-state index in [2.05, 4.69) is 20.8 Å². The Kier molecular flexibility index (Phi) is 5.98. The Morgan fingerprint density at radius 3 is 2.61 bits per heavy atom. The summed E-state index contributed by atoms with van der Waals surface area (Å²) in [5.41, 5.74) is 0.650. The molecular formula is C20H22FN5O2. The predicted octanol–water partition coefficient (Wildman–Crippen LogP) is 1.98. The number of carbonyl (C=O) groups is 2. The van der Waals surface area contributed by atoms with Crippen molar-refractivity contribution in [1.82, 2.24) is 25.2 Å². The van der Waals surface area contributed by atoms with Crippen molar-refractivity contribution in [3.63, 3.8) is 0 Å². The summed E-state index contributed by atoms with van der Waals surface area (Å²) in [6.45, 7) is 3.98. The first kappa shape index (κ1) is 19.5. The third-order valence-corrected chi connectivity index (χ3v) is 4.39. The van der Waals surface area contributed by atoms with E-state index in [1.807, 2.05) is 42.6 Å². The fraction of sp³-hybridized carbons (Fsp3) is 0.300. The molecule has 0 aliphatic heterocycles. The molecule has 0 fully saturated rings. The molecule has 0 saturated carbocycles. The van der Waals surface area contributed by atoms with Crippen LogP contribution in [0.4, 0.5) is 4.39 Å². The Bertz CT molecular complexity index is 985. The highest BCUT2D eigenvalue weighted by Gasteiger charge is 2.25. The number of nitrogens with zero attached hydrogens (tertiary/aromatic N) is 3. The molecule has 0 radical (unpaired) electrons. The average Bonchev–Trinajstić information content (AvgIpc) is 3.09. The molecule has 0 aliphatic carbocycles. The number of hydrogen-bond donors (Lipinski definition) is 2. The third kappa shape index (κ3) is 4.33. The van der Waals surface area contributed by atoms with E-state index >= 15 is 0 Å². The van der Waals surface area contributed by atoms with E-state index in [9.17, 15) is 14.0 Å². The molecule has 0 aliphatic rings. The van der Waals surface area contributed by atoms with Crippen molar-refractivity contribution in [2.75, 3.05) is 6.54 Å². The zero-order valence-electron chi connectivity index (χ0n) is 15.7. The Morgan fingerprint density at radius 1 is 1.11 bits per heavy atom. The van der Waals surface area contributed by atoms with Gasteiger partial charge in [-0.15, -0.1) is 10.2 Å². The molecule has 2 heterocycles. The van der Waals surface area contributed by atoms with Crippen LogP contribution in [-0.2, 0) is 11.2 Å². The summed E-state index contributed by atoms with van der Waals surface area (Å²) in [5, 5.41) is 13.6. The second-order valence-corrected chi connectivity index (χ2v) is 6.76. The van der Waals surface area contributed by atoms with Gasteiger partial charge >= 0.3 is 0 Å². The quantitative estimate of drug-likeness (QED) is 0.653. The lowest BCUT2D eigenvalue weighted by atomic mass is 10.0. The van der Waals surface area contributed by atoms with E-state index in [4.69, 9.17) is 0 Å². The number of amides is 2. The molecule has 3 rings (SSSR count). The minimum Gasteiger partial charge on any atom is -0.354 e. The molecule has 2 aromatic heterocycles. The number of aromatic nitrogens is 3. The van der Waals surface area contributed by atoms with Gasteiger partial charge in [0.05, 0.1) is 5.56 Å². The predicted molar refractivity (Wildman–Crippen MR) is 102 cm³/mol. The van der Waals surface area contributed by atoms with Crippen LogP contribution in [0.2, 0.25) is 0 Å². The largest absolute Gasteiger partial charge is 0.354 e. The number of fused-ring (bicyclic) bond motifs is 1. The summed E-state index contributed by atoms with van der Waals surface area (Å²) >= 11 is 0. The maximum absolute atomic E-state index is 13.8. The fourth-order valence-corrected chi connectivity index (χ4v) is 2.87. The maximum atomic E-state index is 13.8. The minimum absolute atomic E-state index is 0.0871. The third-order valence-electron chi connectivity index (χ3n) is 4.39. The van der Waals surface area contributed by atoms with Gasteiger partial charge in [0.2, 0.25) is 5.91 Å². The van der Waals surface area contributed by atoms with Gasteiger partial charge in [-0.1, -0.05) is 32.0 Å². The SMILES string of the molecule is CC(C)C(NC(=O)c1ccccc1F)C(=O)NCCc1nnc2ccccn12. The van der Waals surface area contributed by atoms with Gasteiger partial charge in [-0.2, -0.15) is 0 Å². The van der Waals surface area contributed by atoms with E-state index in [1.54, 1.807) is 6.07 Å². The zero-order valence-corrected chi connectivity index (χ0v) is 15.7. The average molecular weight is 383 g/mol. The van der Waals surface area contributed by atoms with E-state index in [-0.39, 0.29) is 17.4 Å². The van der Waals surface area contributed by atoms with Crippen molar-refractivity contribution >= 4 is 17.5 Å².